The molecule has 3 nitrogen and oxygen atoms in total. The number of benzene rings is 2. The van der Waals surface area contributed by atoms with Gasteiger partial charge in [-0.3, -0.25) is 4.79 Å². The number of amides is 1. The fraction of sp³-hybridized carbons (Fsp3) is 0.278. The minimum atomic E-state index is -0.0949. The van der Waals surface area contributed by atoms with Crippen LogP contribution in [0, 0.1) is 0 Å². The van der Waals surface area contributed by atoms with Gasteiger partial charge in [0.25, 0.3) is 5.91 Å². The summed E-state index contributed by atoms with van der Waals surface area (Å²) in [6.07, 6.45) is 2.01. The van der Waals surface area contributed by atoms with E-state index in [1.54, 1.807) is 6.07 Å². The highest BCUT2D eigenvalue weighted by Crippen LogP contribution is 2.25. The molecule has 110 valence electrons. The number of hydrogen-bond acceptors (Lipinski definition) is 2. The normalized spacial score (nSPS) is 11.7. The third-order valence-electron chi connectivity index (χ3n) is 3.20. The monoisotopic (exact) mass is 283 g/mol. The number of para-hydroxylation sites is 2. The zero-order valence-electron chi connectivity index (χ0n) is 12.5. The lowest BCUT2D eigenvalue weighted by molar-refractivity contribution is 0.0936. The van der Waals surface area contributed by atoms with Gasteiger partial charge in [0.2, 0.25) is 0 Å². The average Bonchev–Trinajstić information content (AvgIpc) is 2.49. The third-order valence-corrected chi connectivity index (χ3v) is 3.20. The van der Waals surface area contributed by atoms with Crippen molar-refractivity contribution in [2.75, 3.05) is 0 Å². The van der Waals surface area contributed by atoms with Gasteiger partial charge in [-0.2, -0.15) is 0 Å². The van der Waals surface area contributed by atoms with Crippen LogP contribution in [0.4, 0.5) is 0 Å². The maximum absolute atomic E-state index is 12.3. The molecule has 1 atom stereocenters. The van der Waals surface area contributed by atoms with Crippen LogP contribution in [0.3, 0.4) is 0 Å². The van der Waals surface area contributed by atoms with Crippen LogP contribution in [-0.2, 0) is 0 Å². The molecular formula is C18H21NO2. The van der Waals surface area contributed by atoms with E-state index in [4.69, 9.17) is 4.74 Å². The molecule has 0 bridgehead atoms. The molecule has 0 radical (unpaired) electrons. The molecule has 0 saturated carbocycles. The van der Waals surface area contributed by atoms with Crippen LogP contribution in [0.1, 0.15) is 37.0 Å². The summed E-state index contributed by atoms with van der Waals surface area (Å²) in [5.74, 6) is 1.20. The summed E-state index contributed by atoms with van der Waals surface area (Å²) in [5, 5.41) is 3.00. The van der Waals surface area contributed by atoms with Gasteiger partial charge in [0, 0.05) is 6.04 Å². The molecule has 0 aliphatic carbocycles. The van der Waals surface area contributed by atoms with Crippen molar-refractivity contribution >= 4 is 5.91 Å². The molecule has 0 saturated heterocycles. The van der Waals surface area contributed by atoms with Crippen molar-refractivity contribution in [3.05, 3.63) is 60.2 Å². The molecule has 0 aliphatic heterocycles. The molecule has 0 aliphatic rings. The van der Waals surface area contributed by atoms with Gasteiger partial charge < -0.3 is 10.1 Å². The van der Waals surface area contributed by atoms with E-state index in [1.807, 2.05) is 55.5 Å². The molecule has 2 aromatic rings. The Morgan fingerprint density at radius 3 is 2.48 bits per heavy atom. The van der Waals surface area contributed by atoms with E-state index in [1.165, 1.54) is 0 Å². The van der Waals surface area contributed by atoms with Crippen molar-refractivity contribution in [2.24, 2.45) is 0 Å². The van der Waals surface area contributed by atoms with E-state index in [-0.39, 0.29) is 11.9 Å². The van der Waals surface area contributed by atoms with Crippen LogP contribution in [0.5, 0.6) is 11.5 Å². The molecule has 1 N–H and O–H groups in total. The van der Waals surface area contributed by atoms with Crippen LogP contribution >= 0.6 is 0 Å². The Hall–Kier alpha value is -2.29. The van der Waals surface area contributed by atoms with Crippen LogP contribution in [0.2, 0.25) is 0 Å². The molecular weight excluding hydrogens is 262 g/mol. The third kappa shape index (κ3) is 4.35. The zero-order chi connectivity index (χ0) is 15.1. The summed E-state index contributed by atoms with van der Waals surface area (Å²) < 4.78 is 5.81. The molecule has 0 fully saturated rings. The van der Waals surface area contributed by atoms with Crippen molar-refractivity contribution in [2.45, 2.75) is 32.7 Å². The highest BCUT2D eigenvalue weighted by molar-refractivity contribution is 5.97. The lowest BCUT2D eigenvalue weighted by atomic mass is 10.1. The highest BCUT2D eigenvalue weighted by Gasteiger charge is 2.14. The summed E-state index contributed by atoms with van der Waals surface area (Å²) in [6, 6.07) is 16.9. The first-order valence-electron chi connectivity index (χ1n) is 7.33. The van der Waals surface area contributed by atoms with Gasteiger partial charge in [-0.25, -0.2) is 0 Å². The standard InChI is InChI=1S/C18H21NO2/c1-3-9-14(2)19-18(20)16-12-7-8-13-17(16)21-15-10-5-4-6-11-15/h4-8,10-14H,3,9H2,1-2H3,(H,19,20)/t14-/m0/s1. The van der Waals surface area contributed by atoms with Crippen LogP contribution in [0.15, 0.2) is 54.6 Å². The number of carbonyl (C=O) groups excluding carboxylic acids is 1. The highest BCUT2D eigenvalue weighted by atomic mass is 16.5. The van der Waals surface area contributed by atoms with Gasteiger partial charge in [0.05, 0.1) is 5.56 Å². The van der Waals surface area contributed by atoms with Crippen LogP contribution in [-0.4, -0.2) is 11.9 Å². The number of ether oxygens (including phenoxy) is 1. The lowest BCUT2D eigenvalue weighted by Crippen LogP contribution is -2.32. The zero-order valence-corrected chi connectivity index (χ0v) is 12.5. The molecule has 0 aromatic heterocycles. The summed E-state index contributed by atoms with van der Waals surface area (Å²) >= 11 is 0. The van der Waals surface area contributed by atoms with Crippen molar-refractivity contribution in [3.8, 4) is 11.5 Å². The van der Waals surface area contributed by atoms with Gasteiger partial charge >= 0.3 is 0 Å². The van der Waals surface area contributed by atoms with E-state index < -0.39 is 0 Å². The van der Waals surface area contributed by atoms with Crippen molar-refractivity contribution in [3.63, 3.8) is 0 Å². The second-order valence-electron chi connectivity index (χ2n) is 5.07. The second kappa shape index (κ2) is 7.48. The first-order chi connectivity index (χ1) is 10.2. The summed E-state index contributed by atoms with van der Waals surface area (Å²) in [4.78, 5) is 12.3. The predicted octanol–water partition coefficient (Wildman–Crippen LogP) is 4.40. The Morgan fingerprint density at radius 2 is 1.76 bits per heavy atom. The van der Waals surface area contributed by atoms with E-state index in [9.17, 15) is 4.79 Å². The molecule has 2 aromatic carbocycles. The van der Waals surface area contributed by atoms with Crippen molar-refractivity contribution in [1.82, 2.24) is 5.32 Å². The fourth-order valence-electron chi connectivity index (χ4n) is 2.17. The molecule has 0 spiro atoms. The summed E-state index contributed by atoms with van der Waals surface area (Å²) in [5.41, 5.74) is 0.560. The average molecular weight is 283 g/mol. The van der Waals surface area contributed by atoms with E-state index >= 15 is 0 Å². The number of carbonyl (C=O) groups is 1. The van der Waals surface area contributed by atoms with Gasteiger partial charge in [-0.15, -0.1) is 0 Å². The Bertz CT molecular complexity index is 581. The molecule has 1 amide bonds. The summed E-state index contributed by atoms with van der Waals surface area (Å²) in [6.45, 7) is 4.12. The Morgan fingerprint density at radius 1 is 1.10 bits per heavy atom. The van der Waals surface area contributed by atoms with Gasteiger partial charge in [-0.05, 0) is 37.6 Å². The van der Waals surface area contributed by atoms with Crippen molar-refractivity contribution in [1.29, 1.82) is 0 Å². The Balaban J connectivity index is 2.15. The van der Waals surface area contributed by atoms with Gasteiger partial charge in [0.1, 0.15) is 11.5 Å². The van der Waals surface area contributed by atoms with Crippen LogP contribution < -0.4 is 10.1 Å². The maximum atomic E-state index is 12.3. The van der Waals surface area contributed by atoms with E-state index in [0.717, 1.165) is 18.6 Å². The Kier molecular flexibility index (Phi) is 5.38. The lowest BCUT2D eigenvalue weighted by Gasteiger charge is -2.15. The molecule has 0 unspecified atom stereocenters. The van der Waals surface area contributed by atoms with Crippen LogP contribution in [0.25, 0.3) is 0 Å². The largest absolute Gasteiger partial charge is 0.457 e. The van der Waals surface area contributed by atoms with E-state index in [0.29, 0.717) is 11.3 Å². The first-order valence-corrected chi connectivity index (χ1v) is 7.33. The second-order valence-corrected chi connectivity index (χ2v) is 5.07. The topological polar surface area (TPSA) is 38.3 Å². The van der Waals surface area contributed by atoms with E-state index in [2.05, 4.69) is 12.2 Å². The number of hydrogen-bond donors (Lipinski definition) is 1. The maximum Gasteiger partial charge on any atom is 0.255 e. The smallest absolute Gasteiger partial charge is 0.255 e. The summed E-state index contributed by atoms with van der Waals surface area (Å²) in [7, 11) is 0. The SMILES string of the molecule is CCC[C@H](C)NC(=O)c1ccccc1Oc1ccccc1. The van der Waals surface area contributed by atoms with Crippen molar-refractivity contribution < 1.29 is 9.53 Å². The molecule has 3 heteroatoms. The first kappa shape index (κ1) is 15.1. The predicted molar refractivity (Wildman–Crippen MR) is 84.8 cm³/mol. The van der Waals surface area contributed by atoms with Gasteiger partial charge in [-0.1, -0.05) is 43.7 Å². The van der Waals surface area contributed by atoms with Gasteiger partial charge in [0.15, 0.2) is 0 Å². The molecule has 0 heterocycles. The molecule has 2 rings (SSSR count). The Labute approximate surface area is 126 Å². The molecule has 21 heavy (non-hydrogen) atoms. The fourth-order valence-corrected chi connectivity index (χ4v) is 2.17. The number of nitrogens with one attached hydrogen (secondary N) is 1. The minimum absolute atomic E-state index is 0.0949. The quantitative estimate of drug-likeness (QED) is 0.853. The number of rotatable bonds is 6. The minimum Gasteiger partial charge on any atom is -0.457 e.